The first-order valence-electron chi connectivity index (χ1n) is 5.79. The molecule has 2 rings (SSSR count). The molecule has 1 fully saturated rings. The molecule has 0 aromatic carbocycles. The van der Waals surface area contributed by atoms with Crippen molar-refractivity contribution in [1.82, 2.24) is 9.88 Å². The highest BCUT2D eigenvalue weighted by Crippen LogP contribution is 2.36. The molecule has 0 unspecified atom stereocenters. The number of aromatic nitrogens is 1. The maximum Gasteiger partial charge on any atom is 0.184 e. The maximum absolute atomic E-state index is 12.5. The molecular weight excluding hydrogens is 200 g/mol. The Morgan fingerprint density at radius 3 is 2.56 bits per heavy atom. The summed E-state index contributed by atoms with van der Waals surface area (Å²) in [5.74, 6) is 0.225. The molecule has 0 saturated heterocycles. The van der Waals surface area contributed by atoms with E-state index in [1.54, 1.807) is 12.4 Å². The molecule has 1 aromatic rings. The summed E-state index contributed by atoms with van der Waals surface area (Å²) in [5, 5.41) is 0. The van der Waals surface area contributed by atoms with Gasteiger partial charge in [-0.2, -0.15) is 0 Å². The minimum atomic E-state index is -0.289. The second kappa shape index (κ2) is 4.34. The van der Waals surface area contributed by atoms with Crippen LogP contribution in [-0.2, 0) is 0 Å². The van der Waals surface area contributed by atoms with Crippen LogP contribution in [0.25, 0.3) is 0 Å². The van der Waals surface area contributed by atoms with Crippen molar-refractivity contribution in [3.05, 3.63) is 30.1 Å². The normalized spacial score (nSPS) is 18.9. The van der Waals surface area contributed by atoms with E-state index in [2.05, 4.69) is 9.88 Å². The first-order valence-corrected chi connectivity index (χ1v) is 5.79. The van der Waals surface area contributed by atoms with E-state index in [4.69, 9.17) is 0 Å². The first-order chi connectivity index (χ1) is 7.67. The first kappa shape index (κ1) is 11.3. The summed E-state index contributed by atoms with van der Waals surface area (Å²) in [7, 11) is 4.00. The van der Waals surface area contributed by atoms with Crippen molar-refractivity contribution < 1.29 is 4.79 Å². The number of rotatable bonds is 3. The monoisotopic (exact) mass is 218 g/mol. The zero-order valence-corrected chi connectivity index (χ0v) is 9.94. The lowest BCUT2D eigenvalue weighted by Crippen LogP contribution is -2.48. The number of Topliss-reactive ketones (excluding diaryl/α,β-unsaturated/α-hetero) is 1. The van der Waals surface area contributed by atoms with Gasteiger partial charge in [-0.05, 0) is 39.1 Å². The van der Waals surface area contributed by atoms with Crippen LogP contribution in [0.2, 0.25) is 0 Å². The summed E-state index contributed by atoms with van der Waals surface area (Å²) < 4.78 is 0. The van der Waals surface area contributed by atoms with Crippen LogP contribution >= 0.6 is 0 Å². The molecule has 16 heavy (non-hydrogen) atoms. The van der Waals surface area contributed by atoms with Crippen LogP contribution in [0.15, 0.2) is 24.5 Å². The Bertz CT molecular complexity index is 367. The van der Waals surface area contributed by atoms with E-state index in [0.29, 0.717) is 0 Å². The molecule has 0 atom stereocenters. The van der Waals surface area contributed by atoms with Crippen molar-refractivity contribution in [1.29, 1.82) is 0 Å². The summed E-state index contributed by atoms with van der Waals surface area (Å²) >= 11 is 0. The Morgan fingerprint density at radius 1 is 1.38 bits per heavy atom. The van der Waals surface area contributed by atoms with Gasteiger partial charge in [0.1, 0.15) is 0 Å². The molecule has 1 saturated carbocycles. The topological polar surface area (TPSA) is 33.2 Å². The second-order valence-electron chi connectivity index (χ2n) is 4.70. The Balaban J connectivity index is 2.32. The van der Waals surface area contributed by atoms with Crippen LogP contribution in [0, 0.1) is 0 Å². The van der Waals surface area contributed by atoms with Crippen LogP contribution in [-0.4, -0.2) is 35.3 Å². The highest BCUT2D eigenvalue weighted by Gasteiger charge is 2.43. The fourth-order valence-corrected chi connectivity index (χ4v) is 2.60. The minimum absolute atomic E-state index is 0.225. The third-order valence-electron chi connectivity index (χ3n) is 3.63. The lowest BCUT2D eigenvalue weighted by Gasteiger charge is -2.34. The third-order valence-corrected chi connectivity index (χ3v) is 3.63. The van der Waals surface area contributed by atoms with E-state index < -0.39 is 0 Å². The van der Waals surface area contributed by atoms with Gasteiger partial charge in [0, 0.05) is 18.0 Å². The van der Waals surface area contributed by atoms with Crippen LogP contribution in [0.5, 0.6) is 0 Å². The molecule has 0 amide bonds. The zero-order chi connectivity index (χ0) is 11.6. The van der Waals surface area contributed by atoms with Crippen molar-refractivity contribution in [2.24, 2.45) is 0 Å². The zero-order valence-electron chi connectivity index (χ0n) is 9.94. The molecule has 3 heteroatoms. The van der Waals surface area contributed by atoms with Gasteiger partial charge in [-0.25, -0.2) is 0 Å². The van der Waals surface area contributed by atoms with E-state index in [-0.39, 0.29) is 11.3 Å². The van der Waals surface area contributed by atoms with Crippen molar-refractivity contribution in [2.75, 3.05) is 14.1 Å². The van der Waals surface area contributed by atoms with Crippen LogP contribution < -0.4 is 0 Å². The highest BCUT2D eigenvalue weighted by molar-refractivity contribution is 6.03. The number of hydrogen-bond donors (Lipinski definition) is 0. The predicted molar refractivity (Wildman–Crippen MR) is 63.5 cm³/mol. The molecule has 1 aliphatic rings. The van der Waals surface area contributed by atoms with E-state index >= 15 is 0 Å². The molecule has 86 valence electrons. The lowest BCUT2D eigenvalue weighted by molar-refractivity contribution is 0.0693. The number of pyridine rings is 1. The number of ketones is 1. The molecule has 0 N–H and O–H groups in total. The fourth-order valence-electron chi connectivity index (χ4n) is 2.60. The minimum Gasteiger partial charge on any atom is -0.297 e. The van der Waals surface area contributed by atoms with Gasteiger partial charge in [-0.3, -0.25) is 14.7 Å². The van der Waals surface area contributed by atoms with E-state index in [1.165, 1.54) is 0 Å². The summed E-state index contributed by atoms with van der Waals surface area (Å²) in [6.45, 7) is 0. The smallest absolute Gasteiger partial charge is 0.184 e. The summed E-state index contributed by atoms with van der Waals surface area (Å²) in [5.41, 5.74) is 0.446. The Hall–Kier alpha value is -1.22. The quantitative estimate of drug-likeness (QED) is 0.729. The third kappa shape index (κ3) is 1.76. The Labute approximate surface area is 96.5 Å². The van der Waals surface area contributed by atoms with Gasteiger partial charge < -0.3 is 0 Å². The summed E-state index contributed by atoms with van der Waals surface area (Å²) in [6.07, 6.45) is 7.59. The molecule has 0 aliphatic heterocycles. The van der Waals surface area contributed by atoms with Gasteiger partial charge in [0.25, 0.3) is 0 Å². The van der Waals surface area contributed by atoms with Crippen molar-refractivity contribution in [3.8, 4) is 0 Å². The van der Waals surface area contributed by atoms with Crippen molar-refractivity contribution in [3.63, 3.8) is 0 Å². The van der Waals surface area contributed by atoms with Crippen molar-refractivity contribution >= 4 is 5.78 Å². The summed E-state index contributed by atoms with van der Waals surface area (Å²) in [4.78, 5) is 18.6. The number of likely N-dealkylation sites (N-methyl/N-ethyl adjacent to an activating group) is 1. The predicted octanol–water partition coefficient (Wildman–Crippen LogP) is 2.14. The van der Waals surface area contributed by atoms with Crippen LogP contribution in [0.4, 0.5) is 0 Å². The standard InChI is InChI=1S/C13H18N2O/c1-15(2)13(7-3-4-8-13)12(16)11-6-5-9-14-10-11/h5-6,9-10H,3-4,7-8H2,1-2H3. The molecule has 3 nitrogen and oxygen atoms in total. The van der Waals surface area contributed by atoms with Gasteiger partial charge in [0.05, 0.1) is 5.54 Å². The average Bonchev–Trinajstić information content (AvgIpc) is 2.79. The number of hydrogen-bond acceptors (Lipinski definition) is 3. The number of nitrogens with zero attached hydrogens (tertiary/aromatic N) is 2. The molecule has 0 spiro atoms. The van der Waals surface area contributed by atoms with Gasteiger partial charge in [0.15, 0.2) is 5.78 Å². The average molecular weight is 218 g/mol. The van der Waals surface area contributed by atoms with Gasteiger partial charge >= 0.3 is 0 Å². The van der Waals surface area contributed by atoms with Crippen molar-refractivity contribution in [2.45, 2.75) is 31.2 Å². The number of carbonyl (C=O) groups is 1. The Morgan fingerprint density at radius 2 is 2.06 bits per heavy atom. The largest absolute Gasteiger partial charge is 0.297 e. The van der Waals surface area contributed by atoms with Gasteiger partial charge in [-0.15, -0.1) is 0 Å². The number of carbonyl (C=O) groups excluding carboxylic acids is 1. The molecule has 1 aliphatic carbocycles. The SMILES string of the molecule is CN(C)C1(C(=O)c2cccnc2)CCCC1. The molecule has 0 radical (unpaired) electrons. The van der Waals surface area contributed by atoms with E-state index in [1.807, 2.05) is 26.2 Å². The fraction of sp³-hybridized carbons (Fsp3) is 0.538. The van der Waals surface area contributed by atoms with E-state index in [9.17, 15) is 4.79 Å². The molecule has 1 heterocycles. The van der Waals surface area contributed by atoms with Gasteiger partial charge in [-0.1, -0.05) is 12.8 Å². The molecule has 1 aromatic heterocycles. The highest BCUT2D eigenvalue weighted by atomic mass is 16.1. The lowest BCUT2D eigenvalue weighted by atomic mass is 9.87. The summed E-state index contributed by atoms with van der Waals surface area (Å²) in [6, 6.07) is 3.68. The van der Waals surface area contributed by atoms with E-state index in [0.717, 1.165) is 31.2 Å². The van der Waals surface area contributed by atoms with Crippen LogP contribution in [0.3, 0.4) is 0 Å². The molecule has 0 bridgehead atoms. The Kier molecular flexibility index (Phi) is 3.06. The maximum atomic E-state index is 12.5. The van der Waals surface area contributed by atoms with Gasteiger partial charge in [0.2, 0.25) is 0 Å². The van der Waals surface area contributed by atoms with Crippen LogP contribution in [0.1, 0.15) is 36.0 Å². The second-order valence-corrected chi connectivity index (χ2v) is 4.70. The molecular formula is C13H18N2O.